The van der Waals surface area contributed by atoms with Crippen LogP contribution >= 0.6 is 0 Å². The van der Waals surface area contributed by atoms with E-state index in [2.05, 4.69) is 9.88 Å². The minimum Gasteiger partial charge on any atom is -0.469 e. The number of rotatable bonds is 3. The zero-order valence-corrected chi connectivity index (χ0v) is 13.7. The minimum atomic E-state index is -0.228. The van der Waals surface area contributed by atoms with Gasteiger partial charge in [0.25, 0.3) is 0 Å². The van der Waals surface area contributed by atoms with E-state index in [9.17, 15) is 9.18 Å². The lowest BCUT2D eigenvalue weighted by atomic mass is 10.0. The summed E-state index contributed by atoms with van der Waals surface area (Å²) in [6.07, 6.45) is 4.48. The Morgan fingerprint density at radius 3 is 2.75 bits per heavy atom. The summed E-state index contributed by atoms with van der Waals surface area (Å²) in [6, 6.07) is 6.74. The number of hydrogen-bond donors (Lipinski definition) is 0. The Hall–Kier alpha value is -2.17. The lowest BCUT2D eigenvalue weighted by molar-refractivity contribution is -0.141. The molecule has 3 atom stereocenters. The molecule has 2 heterocycles. The molecule has 2 aliphatic rings. The van der Waals surface area contributed by atoms with Gasteiger partial charge in [0.15, 0.2) is 0 Å². The fourth-order valence-electron chi connectivity index (χ4n) is 4.49. The Bertz CT molecular complexity index is 765. The highest BCUT2D eigenvalue weighted by Crippen LogP contribution is 2.45. The maximum absolute atomic E-state index is 13.7. The van der Waals surface area contributed by atoms with Crippen molar-refractivity contribution in [1.29, 1.82) is 0 Å². The number of pyridine rings is 1. The molecule has 5 heteroatoms. The first-order valence-corrected chi connectivity index (χ1v) is 8.50. The van der Waals surface area contributed by atoms with Gasteiger partial charge in [-0.2, -0.15) is 0 Å². The predicted octanol–water partition coefficient (Wildman–Crippen LogP) is 3.40. The highest BCUT2D eigenvalue weighted by atomic mass is 19.1. The van der Waals surface area contributed by atoms with E-state index in [1.54, 1.807) is 18.3 Å². The zero-order chi connectivity index (χ0) is 16.7. The van der Waals surface area contributed by atoms with Crippen molar-refractivity contribution in [2.24, 2.45) is 17.8 Å². The van der Waals surface area contributed by atoms with Crippen molar-refractivity contribution in [3.05, 3.63) is 36.3 Å². The van der Waals surface area contributed by atoms with Gasteiger partial charge in [-0.05, 0) is 54.9 Å². The van der Waals surface area contributed by atoms with Gasteiger partial charge >= 0.3 is 5.97 Å². The maximum atomic E-state index is 13.7. The van der Waals surface area contributed by atoms with Crippen molar-refractivity contribution in [3.8, 4) is 0 Å². The second kappa shape index (κ2) is 6.04. The molecule has 4 rings (SSSR count). The number of ether oxygens (including phenoxy) is 1. The Morgan fingerprint density at radius 2 is 2.04 bits per heavy atom. The number of aromatic nitrogens is 1. The Kier molecular flexibility index (Phi) is 3.87. The third-order valence-corrected chi connectivity index (χ3v) is 5.55. The maximum Gasteiger partial charge on any atom is 0.305 e. The SMILES string of the molecule is COC(=O)CC1C[C@@H]2CN(c3ccnc4ccc(F)cc34)C[C@@H]2C1. The molecule has 1 saturated carbocycles. The number of carbonyl (C=O) groups is 1. The van der Waals surface area contributed by atoms with E-state index in [1.807, 2.05) is 6.07 Å². The van der Waals surface area contributed by atoms with Crippen LogP contribution < -0.4 is 4.90 Å². The average molecular weight is 328 g/mol. The molecule has 24 heavy (non-hydrogen) atoms. The van der Waals surface area contributed by atoms with E-state index in [0.29, 0.717) is 24.2 Å². The standard InChI is InChI=1S/C19H21FN2O2/c1-24-19(23)8-12-6-13-10-22(11-14(13)7-12)18-4-5-21-17-3-2-15(20)9-16(17)18/h2-5,9,12-14H,6-8,10-11H2,1H3/t12?,13-,14+. The summed E-state index contributed by atoms with van der Waals surface area (Å²) in [5, 5.41) is 0.878. The number of fused-ring (bicyclic) bond motifs is 2. The molecule has 0 amide bonds. The normalized spacial score (nSPS) is 25.9. The smallest absolute Gasteiger partial charge is 0.305 e. The van der Waals surface area contributed by atoms with Gasteiger partial charge in [-0.15, -0.1) is 0 Å². The van der Waals surface area contributed by atoms with Crippen LogP contribution in [0.5, 0.6) is 0 Å². The van der Waals surface area contributed by atoms with Crippen LogP contribution in [0.15, 0.2) is 30.5 Å². The van der Waals surface area contributed by atoms with Crippen molar-refractivity contribution in [3.63, 3.8) is 0 Å². The molecule has 1 aliphatic carbocycles. The molecular weight excluding hydrogens is 307 g/mol. The van der Waals surface area contributed by atoms with E-state index in [0.717, 1.165) is 42.5 Å². The molecule has 0 spiro atoms. The van der Waals surface area contributed by atoms with E-state index in [-0.39, 0.29) is 11.8 Å². The molecule has 0 radical (unpaired) electrons. The van der Waals surface area contributed by atoms with E-state index < -0.39 is 0 Å². The van der Waals surface area contributed by atoms with Crippen LogP contribution in [0.2, 0.25) is 0 Å². The molecule has 0 N–H and O–H groups in total. The molecule has 2 aromatic rings. The van der Waals surface area contributed by atoms with Gasteiger partial charge in [-0.1, -0.05) is 0 Å². The van der Waals surface area contributed by atoms with E-state index in [1.165, 1.54) is 13.2 Å². The van der Waals surface area contributed by atoms with Gasteiger partial charge < -0.3 is 9.64 Å². The summed E-state index contributed by atoms with van der Waals surface area (Å²) in [5.41, 5.74) is 1.90. The molecular formula is C19H21FN2O2. The third kappa shape index (κ3) is 2.72. The molecule has 1 unspecified atom stereocenters. The van der Waals surface area contributed by atoms with Gasteiger partial charge in [0, 0.05) is 36.8 Å². The number of carbonyl (C=O) groups excluding carboxylic acids is 1. The summed E-state index contributed by atoms with van der Waals surface area (Å²) in [7, 11) is 1.45. The van der Waals surface area contributed by atoms with E-state index >= 15 is 0 Å². The monoisotopic (exact) mass is 328 g/mol. The fraction of sp³-hybridized carbons (Fsp3) is 0.474. The predicted molar refractivity (Wildman–Crippen MR) is 90.3 cm³/mol. The van der Waals surface area contributed by atoms with Gasteiger partial charge in [0.2, 0.25) is 0 Å². The Labute approximate surface area is 140 Å². The molecule has 0 bridgehead atoms. The third-order valence-electron chi connectivity index (χ3n) is 5.55. The van der Waals surface area contributed by atoms with Gasteiger partial charge in [-0.3, -0.25) is 9.78 Å². The van der Waals surface area contributed by atoms with Crippen LogP contribution in [-0.2, 0) is 9.53 Å². The first-order chi connectivity index (χ1) is 11.6. The summed E-state index contributed by atoms with van der Waals surface area (Å²) in [4.78, 5) is 18.2. The van der Waals surface area contributed by atoms with Gasteiger partial charge in [0.05, 0.1) is 12.6 Å². The molecule has 1 aromatic carbocycles. The Morgan fingerprint density at radius 1 is 1.29 bits per heavy atom. The second-order valence-corrected chi connectivity index (χ2v) is 7.03. The van der Waals surface area contributed by atoms with Crippen LogP contribution in [0.25, 0.3) is 10.9 Å². The summed E-state index contributed by atoms with van der Waals surface area (Å²) < 4.78 is 18.4. The molecule has 1 aromatic heterocycles. The van der Waals surface area contributed by atoms with Crippen LogP contribution in [0.1, 0.15) is 19.3 Å². The summed E-state index contributed by atoms with van der Waals surface area (Å²) in [5.74, 6) is 1.33. The van der Waals surface area contributed by atoms with Gasteiger partial charge in [-0.25, -0.2) is 4.39 Å². The fourth-order valence-corrected chi connectivity index (χ4v) is 4.49. The number of hydrogen-bond acceptors (Lipinski definition) is 4. The van der Waals surface area contributed by atoms with Gasteiger partial charge in [0.1, 0.15) is 5.82 Å². The van der Waals surface area contributed by atoms with Crippen molar-refractivity contribution in [2.75, 3.05) is 25.1 Å². The van der Waals surface area contributed by atoms with Crippen LogP contribution in [-0.4, -0.2) is 31.2 Å². The number of anilines is 1. The summed E-state index contributed by atoms with van der Waals surface area (Å²) in [6.45, 7) is 1.94. The van der Waals surface area contributed by atoms with Crippen molar-refractivity contribution < 1.29 is 13.9 Å². The van der Waals surface area contributed by atoms with Crippen molar-refractivity contribution in [2.45, 2.75) is 19.3 Å². The highest BCUT2D eigenvalue weighted by molar-refractivity contribution is 5.91. The number of nitrogens with zero attached hydrogens (tertiary/aromatic N) is 2. The molecule has 126 valence electrons. The first kappa shape index (κ1) is 15.4. The topological polar surface area (TPSA) is 42.4 Å². The highest BCUT2D eigenvalue weighted by Gasteiger charge is 2.41. The number of esters is 1. The van der Waals surface area contributed by atoms with Crippen LogP contribution in [0.4, 0.5) is 10.1 Å². The molecule has 2 fully saturated rings. The quantitative estimate of drug-likeness (QED) is 0.810. The minimum absolute atomic E-state index is 0.104. The lowest BCUT2D eigenvalue weighted by Crippen LogP contribution is -2.22. The number of halogens is 1. The van der Waals surface area contributed by atoms with Crippen LogP contribution in [0.3, 0.4) is 0 Å². The first-order valence-electron chi connectivity index (χ1n) is 8.50. The zero-order valence-electron chi connectivity index (χ0n) is 13.7. The number of benzene rings is 1. The molecule has 1 aliphatic heterocycles. The number of methoxy groups -OCH3 is 1. The largest absolute Gasteiger partial charge is 0.469 e. The van der Waals surface area contributed by atoms with E-state index in [4.69, 9.17) is 4.74 Å². The van der Waals surface area contributed by atoms with Crippen molar-refractivity contribution >= 4 is 22.6 Å². The summed E-state index contributed by atoms with van der Waals surface area (Å²) >= 11 is 0. The Balaban J connectivity index is 1.52. The molecule has 1 saturated heterocycles. The molecule has 4 nitrogen and oxygen atoms in total. The van der Waals surface area contributed by atoms with Crippen molar-refractivity contribution in [1.82, 2.24) is 4.98 Å². The average Bonchev–Trinajstić information content (AvgIpc) is 3.12. The lowest BCUT2D eigenvalue weighted by Gasteiger charge is -2.22. The van der Waals surface area contributed by atoms with Crippen LogP contribution in [0, 0.1) is 23.6 Å². The second-order valence-electron chi connectivity index (χ2n) is 7.03.